The third kappa shape index (κ3) is 6.02. The first-order valence-corrected chi connectivity index (χ1v) is 13.1. The molecule has 0 saturated heterocycles. The molecule has 186 valence electrons. The van der Waals surface area contributed by atoms with E-state index in [0.29, 0.717) is 17.2 Å². The molecular weight excluding hydrogens is 478 g/mol. The molecule has 3 aromatic carbocycles. The fraction of sp³-hybridized carbons (Fsp3) is 0.194. The minimum absolute atomic E-state index is 0.138. The first kappa shape index (κ1) is 26.0. The average molecular weight is 508 g/mol. The fourth-order valence-corrected chi connectivity index (χ4v) is 4.98. The van der Waals surface area contributed by atoms with Crippen LogP contribution in [-0.2, 0) is 4.79 Å². The van der Waals surface area contributed by atoms with Crippen LogP contribution in [0.4, 0.5) is 5.69 Å². The van der Waals surface area contributed by atoms with Crippen LogP contribution in [0, 0.1) is 25.2 Å². The van der Waals surface area contributed by atoms with Crippen LogP contribution in [-0.4, -0.2) is 22.7 Å². The molecule has 4 rings (SSSR count). The molecule has 1 atom stereocenters. The van der Waals surface area contributed by atoms with Gasteiger partial charge in [-0.1, -0.05) is 60.3 Å². The monoisotopic (exact) mass is 507 g/mol. The number of hydrogen-bond donors (Lipinski definition) is 1. The van der Waals surface area contributed by atoms with Crippen molar-refractivity contribution in [1.82, 2.24) is 4.98 Å². The molecule has 0 unspecified atom stereocenters. The number of nitriles is 1. The molecule has 0 aliphatic rings. The zero-order valence-electron chi connectivity index (χ0n) is 21.4. The smallest absolute Gasteiger partial charge is 0.237 e. The van der Waals surface area contributed by atoms with E-state index in [-0.39, 0.29) is 5.91 Å². The molecule has 6 heteroatoms. The number of carbonyl (C=O) groups excluding carboxylic acids is 1. The van der Waals surface area contributed by atoms with E-state index in [4.69, 9.17) is 9.72 Å². The molecule has 1 aromatic heterocycles. The number of thioether (sulfide) groups is 1. The number of nitrogens with one attached hydrogen (secondary N) is 1. The van der Waals surface area contributed by atoms with Crippen molar-refractivity contribution < 1.29 is 9.53 Å². The van der Waals surface area contributed by atoms with Crippen LogP contribution in [0.25, 0.3) is 22.4 Å². The first-order chi connectivity index (χ1) is 17.9. The third-order valence-corrected chi connectivity index (χ3v) is 7.12. The van der Waals surface area contributed by atoms with Crippen LogP contribution in [0.5, 0.6) is 5.75 Å². The molecule has 0 fully saturated rings. The van der Waals surface area contributed by atoms with Gasteiger partial charge in [-0.15, -0.1) is 0 Å². The summed E-state index contributed by atoms with van der Waals surface area (Å²) in [7, 11) is 0. The van der Waals surface area contributed by atoms with Gasteiger partial charge in [-0.25, -0.2) is 4.98 Å². The minimum atomic E-state index is -0.474. The Balaban J connectivity index is 1.73. The van der Waals surface area contributed by atoms with Crippen LogP contribution < -0.4 is 10.1 Å². The maximum Gasteiger partial charge on any atom is 0.237 e. The van der Waals surface area contributed by atoms with Gasteiger partial charge in [0.25, 0.3) is 0 Å². The van der Waals surface area contributed by atoms with E-state index in [9.17, 15) is 10.1 Å². The van der Waals surface area contributed by atoms with E-state index >= 15 is 0 Å². The van der Waals surface area contributed by atoms with E-state index in [1.165, 1.54) is 11.8 Å². The number of nitrogens with zero attached hydrogens (tertiary/aromatic N) is 2. The summed E-state index contributed by atoms with van der Waals surface area (Å²) in [4.78, 5) is 18.0. The lowest BCUT2D eigenvalue weighted by molar-refractivity contribution is -0.115. The number of anilines is 1. The highest BCUT2D eigenvalue weighted by atomic mass is 32.2. The second-order valence-corrected chi connectivity index (χ2v) is 10.0. The van der Waals surface area contributed by atoms with E-state index in [2.05, 4.69) is 11.4 Å². The molecule has 4 aromatic rings. The molecule has 0 radical (unpaired) electrons. The molecule has 0 saturated carbocycles. The highest BCUT2D eigenvalue weighted by molar-refractivity contribution is 8.00. The zero-order chi connectivity index (χ0) is 26.4. The number of amides is 1. The molecule has 0 bridgehead atoms. The van der Waals surface area contributed by atoms with Crippen molar-refractivity contribution in [3.8, 4) is 34.2 Å². The summed E-state index contributed by atoms with van der Waals surface area (Å²) in [6.07, 6.45) is 0. The largest absolute Gasteiger partial charge is 0.494 e. The first-order valence-electron chi connectivity index (χ1n) is 12.2. The predicted octanol–water partition coefficient (Wildman–Crippen LogP) is 7.42. The standard InChI is InChI=1S/C31H29N3O2S/c1-5-36-25-16-14-24(15-17-25)28-18-26(23-12-7-6-8-13-23)27(19-32)31(33-28)37-22(4)30(35)34-29-20(2)10-9-11-21(29)3/h6-18,22H,5H2,1-4H3,(H,34,35)/t22-/m1/s1. The number of para-hydroxylation sites is 1. The van der Waals surface area contributed by atoms with Gasteiger partial charge in [0.2, 0.25) is 5.91 Å². The summed E-state index contributed by atoms with van der Waals surface area (Å²) >= 11 is 1.29. The molecule has 0 spiro atoms. The Morgan fingerprint density at radius 2 is 1.68 bits per heavy atom. The Labute approximate surface area is 222 Å². The summed E-state index contributed by atoms with van der Waals surface area (Å²) in [5.41, 5.74) is 6.62. The number of hydrogen-bond acceptors (Lipinski definition) is 5. The van der Waals surface area contributed by atoms with Gasteiger partial charge in [0, 0.05) is 16.8 Å². The summed E-state index contributed by atoms with van der Waals surface area (Å²) in [6, 6.07) is 27.7. The Morgan fingerprint density at radius 3 is 2.30 bits per heavy atom. The fourth-order valence-electron chi connectivity index (χ4n) is 4.05. The molecule has 37 heavy (non-hydrogen) atoms. The summed E-state index contributed by atoms with van der Waals surface area (Å²) in [5.74, 6) is 0.649. The topological polar surface area (TPSA) is 75.0 Å². The lowest BCUT2D eigenvalue weighted by Gasteiger charge is -2.17. The molecule has 1 amide bonds. The molecule has 5 nitrogen and oxygen atoms in total. The lowest BCUT2D eigenvalue weighted by Crippen LogP contribution is -2.23. The van der Waals surface area contributed by atoms with Crippen molar-refractivity contribution in [1.29, 1.82) is 5.26 Å². The van der Waals surface area contributed by atoms with Crippen LogP contribution in [0.2, 0.25) is 0 Å². The van der Waals surface area contributed by atoms with Crippen LogP contribution in [0.1, 0.15) is 30.5 Å². The van der Waals surface area contributed by atoms with Crippen molar-refractivity contribution in [3.05, 3.63) is 95.6 Å². The van der Waals surface area contributed by atoms with Gasteiger partial charge in [0.05, 0.1) is 23.1 Å². The molecular formula is C31H29N3O2S. The maximum atomic E-state index is 13.2. The normalized spacial score (nSPS) is 11.4. The predicted molar refractivity (Wildman–Crippen MR) is 151 cm³/mol. The summed E-state index contributed by atoms with van der Waals surface area (Å²) in [6.45, 7) is 8.32. The Morgan fingerprint density at radius 1 is 1.00 bits per heavy atom. The number of rotatable bonds is 8. The second kappa shape index (κ2) is 11.8. The van der Waals surface area contributed by atoms with Crippen LogP contribution >= 0.6 is 11.8 Å². The van der Waals surface area contributed by atoms with E-state index in [1.807, 2.05) is 107 Å². The number of aryl methyl sites for hydroxylation is 2. The van der Waals surface area contributed by atoms with Gasteiger partial charge in [-0.3, -0.25) is 4.79 Å². The van der Waals surface area contributed by atoms with Crippen molar-refractivity contribution in [2.45, 2.75) is 38.0 Å². The van der Waals surface area contributed by atoms with Gasteiger partial charge in [-0.2, -0.15) is 5.26 Å². The SMILES string of the molecule is CCOc1ccc(-c2cc(-c3ccccc3)c(C#N)c(S[C@H](C)C(=O)Nc3c(C)cccc3C)n2)cc1. The number of pyridine rings is 1. The highest BCUT2D eigenvalue weighted by Gasteiger charge is 2.22. The average Bonchev–Trinajstić information content (AvgIpc) is 2.91. The summed E-state index contributed by atoms with van der Waals surface area (Å²) < 4.78 is 5.58. The van der Waals surface area contributed by atoms with Gasteiger partial charge < -0.3 is 10.1 Å². The number of aromatic nitrogens is 1. The molecule has 1 N–H and O–H groups in total. The minimum Gasteiger partial charge on any atom is -0.494 e. The van der Waals surface area contributed by atoms with Gasteiger partial charge in [0.15, 0.2) is 0 Å². The Kier molecular flexibility index (Phi) is 8.27. The Bertz CT molecular complexity index is 1420. The van der Waals surface area contributed by atoms with Crippen molar-refractivity contribution in [2.75, 3.05) is 11.9 Å². The zero-order valence-corrected chi connectivity index (χ0v) is 22.2. The number of ether oxygens (including phenoxy) is 1. The third-order valence-electron chi connectivity index (χ3n) is 6.03. The van der Waals surface area contributed by atoms with E-state index in [0.717, 1.165) is 44.9 Å². The molecule has 0 aliphatic carbocycles. The lowest BCUT2D eigenvalue weighted by atomic mass is 9.99. The molecule has 0 aliphatic heterocycles. The van der Waals surface area contributed by atoms with Crippen LogP contribution in [0.3, 0.4) is 0 Å². The van der Waals surface area contributed by atoms with Crippen molar-refractivity contribution in [3.63, 3.8) is 0 Å². The second-order valence-electron chi connectivity index (χ2n) is 8.69. The van der Waals surface area contributed by atoms with Gasteiger partial charge in [-0.05, 0) is 74.7 Å². The van der Waals surface area contributed by atoms with E-state index in [1.54, 1.807) is 0 Å². The quantitative estimate of drug-likeness (QED) is 0.251. The van der Waals surface area contributed by atoms with Crippen LogP contribution in [0.15, 0.2) is 83.9 Å². The Hall–Kier alpha value is -4.08. The highest BCUT2D eigenvalue weighted by Crippen LogP contribution is 2.36. The van der Waals surface area contributed by atoms with E-state index < -0.39 is 5.25 Å². The van der Waals surface area contributed by atoms with Gasteiger partial charge >= 0.3 is 0 Å². The van der Waals surface area contributed by atoms with Gasteiger partial charge in [0.1, 0.15) is 16.8 Å². The number of carbonyl (C=O) groups is 1. The summed E-state index contributed by atoms with van der Waals surface area (Å²) in [5, 5.41) is 13.3. The molecule has 1 heterocycles. The van der Waals surface area contributed by atoms with Crippen molar-refractivity contribution in [2.24, 2.45) is 0 Å². The maximum absolute atomic E-state index is 13.2. The van der Waals surface area contributed by atoms with Crippen molar-refractivity contribution >= 4 is 23.4 Å². The number of benzene rings is 3.